The Labute approximate surface area is 98.9 Å². The second-order valence-electron chi connectivity index (χ2n) is 4.99. The fourth-order valence-corrected chi connectivity index (χ4v) is 2.27. The SMILES string of the molecule is CCCCOC(=O)CNCC1CCC(C)C1. The zero-order chi connectivity index (χ0) is 11.8. The molecular weight excluding hydrogens is 202 g/mol. The van der Waals surface area contributed by atoms with E-state index in [0.717, 1.165) is 31.2 Å². The van der Waals surface area contributed by atoms with Crippen LogP contribution in [0.3, 0.4) is 0 Å². The van der Waals surface area contributed by atoms with Gasteiger partial charge in [-0.2, -0.15) is 0 Å². The predicted octanol–water partition coefficient (Wildman–Crippen LogP) is 2.36. The summed E-state index contributed by atoms with van der Waals surface area (Å²) >= 11 is 0. The van der Waals surface area contributed by atoms with Crippen molar-refractivity contribution in [2.24, 2.45) is 11.8 Å². The average Bonchev–Trinajstić information content (AvgIpc) is 2.65. The molecule has 0 aromatic rings. The Morgan fingerprint density at radius 1 is 1.44 bits per heavy atom. The Balaban J connectivity index is 1.96. The first-order valence-corrected chi connectivity index (χ1v) is 6.58. The molecule has 94 valence electrons. The van der Waals surface area contributed by atoms with Crippen LogP contribution < -0.4 is 5.32 Å². The minimum absolute atomic E-state index is 0.112. The Bertz CT molecular complexity index is 206. The number of carbonyl (C=O) groups excluding carboxylic acids is 1. The van der Waals surface area contributed by atoms with Gasteiger partial charge in [0.25, 0.3) is 0 Å². The summed E-state index contributed by atoms with van der Waals surface area (Å²) in [5.41, 5.74) is 0. The Morgan fingerprint density at radius 3 is 2.88 bits per heavy atom. The third kappa shape index (κ3) is 5.50. The van der Waals surface area contributed by atoms with Crippen LogP contribution in [0.25, 0.3) is 0 Å². The van der Waals surface area contributed by atoms with Gasteiger partial charge in [0.05, 0.1) is 13.2 Å². The summed E-state index contributed by atoms with van der Waals surface area (Å²) in [6.07, 6.45) is 5.98. The molecule has 1 saturated carbocycles. The zero-order valence-corrected chi connectivity index (χ0v) is 10.6. The van der Waals surface area contributed by atoms with E-state index in [1.54, 1.807) is 0 Å². The van der Waals surface area contributed by atoms with E-state index >= 15 is 0 Å². The van der Waals surface area contributed by atoms with Gasteiger partial charge in [0.1, 0.15) is 0 Å². The van der Waals surface area contributed by atoms with Gasteiger partial charge in [-0.05, 0) is 37.6 Å². The van der Waals surface area contributed by atoms with Crippen molar-refractivity contribution in [1.82, 2.24) is 5.32 Å². The second-order valence-corrected chi connectivity index (χ2v) is 4.99. The van der Waals surface area contributed by atoms with Gasteiger partial charge in [-0.1, -0.05) is 26.7 Å². The van der Waals surface area contributed by atoms with Gasteiger partial charge >= 0.3 is 5.97 Å². The third-order valence-electron chi connectivity index (χ3n) is 3.27. The molecule has 0 spiro atoms. The largest absolute Gasteiger partial charge is 0.465 e. The number of nitrogens with one attached hydrogen (secondary N) is 1. The number of unbranched alkanes of at least 4 members (excludes halogenated alkanes) is 1. The summed E-state index contributed by atoms with van der Waals surface area (Å²) in [6, 6.07) is 0. The second kappa shape index (κ2) is 7.66. The number of ether oxygens (including phenoxy) is 1. The molecule has 0 amide bonds. The summed E-state index contributed by atoms with van der Waals surface area (Å²) in [5, 5.41) is 3.20. The lowest BCUT2D eigenvalue weighted by atomic mass is 10.1. The molecule has 1 aliphatic rings. The Kier molecular flexibility index (Phi) is 6.46. The van der Waals surface area contributed by atoms with Gasteiger partial charge in [0.2, 0.25) is 0 Å². The molecule has 0 heterocycles. The molecule has 0 aromatic heterocycles. The highest BCUT2D eigenvalue weighted by Gasteiger charge is 2.20. The smallest absolute Gasteiger partial charge is 0.319 e. The lowest BCUT2D eigenvalue weighted by Crippen LogP contribution is -2.29. The normalized spacial score (nSPS) is 24.6. The van der Waals surface area contributed by atoms with Gasteiger partial charge in [-0.3, -0.25) is 4.79 Å². The number of carbonyl (C=O) groups is 1. The van der Waals surface area contributed by atoms with Crippen LogP contribution in [0, 0.1) is 11.8 Å². The van der Waals surface area contributed by atoms with E-state index < -0.39 is 0 Å². The molecule has 0 aliphatic heterocycles. The summed E-state index contributed by atoms with van der Waals surface area (Å²) in [4.78, 5) is 11.3. The summed E-state index contributed by atoms with van der Waals surface area (Å²) in [6.45, 7) is 6.30. The van der Waals surface area contributed by atoms with Gasteiger partial charge in [-0.15, -0.1) is 0 Å². The molecule has 3 heteroatoms. The highest BCUT2D eigenvalue weighted by molar-refractivity contribution is 5.71. The average molecular weight is 227 g/mol. The van der Waals surface area contributed by atoms with Crippen molar-refractivity contribution in [3.8, 4) is 0 Å². The van der Waals surface area contributed by atoms with Crippen molar-refractivity contribution < 1.29 is 9.53 Å². The lowest BCUT2D eigenvalue weighted by Gasteiger charge is -2.10. The summed E-state index contributed by atoms with van der Waals surface area (Å²) < 4.78 is 5.07. The van der Waals surface area contributed by atoms with E-state index in [-0.39, 0.29) is 5.97 Å². The summed E-state index contributed by atoms with van der Waals surface area (Å²) in [7, 11) is 0. The minimum Gasteiger partial charge on any atom is -0.465 e. The number of hydrogen-bond donors (Lipinski definition) is 1. The van der Waals surface area contributed by atoms with E-state index in [2.05, 4.69) is 19.2 Å². The molecular formula is C13H25NO2. The molecule has 1 fully saturated rings. The van der Waals surface area contributed by atoms with Gasteiger partial charge in [-0.25, -0.2) is 0 Å². The van der Waals surface area contributed by atoms with E-state index in [0.29, 0.717) is 13.2 Å². The topological polar surface area (TPSA) is 38.3 Å². The van der Waals surface area contributed by atoms with Gasteiger partial charge in [0.15, 0.2) is 0 Å². The molecule has 3 nitrogen and oxygen atoms in total. The fraction of sp³-hybridized carbons (Fsp3) is 0.923. The predicted molar refractivity (Wildman–Crippen MR) is 65.2 cm³/mol. The minimum atomic E-state index is -0.112. The van der Waals surface area contributed by atoms with E-state index in [1.807, 2.05) is 0 Å². The number of rotatable bonds is 7. The molecule has 0 aromatic carbocycles. The van der Waals surface area contributed by atoms with Crippen LogP contribution in [0.1, 0.15) is 46.0 Å². The van der Waals surface area contributed by atoms with Gasteiger partial charge in [0, 0.05) is 0 Å². The van der Waals surface area contributed by atoms with E-state index in [1.165, 1.54) is 19.3 Å². The quantitative estimate of drug-likeness (QED) is 0.536. The first kappa shape index (κ1) is 13.5. The van der Waals surface area contributed by atoms with Crippen molar-refractivity contribution in [1.29, 1.82) is 0 Å². The Hall–Kier alpha value is -0.570. The highest BCUT2D eigenvalue weighted by atomic mass is 16.5. The fourth-order valence-electron chi connectivity index (χ4n) is 2.27. The van der Waals surface area contributed by atoms with Crippen molar-refractivity contribution in [2.45, 2.75) is 46.0 Å². The molecule has 1 N–H and O–H groups in total. The highest BCUT2D eigenvalue weighted by Crippen LogP contribution is 2.29. The van der Waals surface area contributed by atoms with Crippen molar-refractivity contribution in [2.75, 3.05) is 19.7 Å². The molecule has 0 saturated heterocycles. The first-order chi connectivity index (χ1) is 7.72. The van der Waals surface area contributed by atoms with Crippen molar-refractivity contribution >= 4 is 5.97 Å². The molecule has 0 radical (unpaired) electrons. The van der Waals surface area contributed by atoms with Gasteiger partial charge < -0.3 is 10.1 Å². The van der Waals surface area contributed by atoms with Crippen LogP contribution in [0.15, 0.2) is 0 Å². The van der Waals surface area contributed by atoms with Crippen LogP contribution in [-0.2, 0) is 9.53 Å². The van der Waals surface area contributed by atoms with E-state index in [4.69, 9.17) is 4.74 Å². The lowest BCUT2D eigenvalue weighted by molar-refractivity contribution is -0.142. The van der Waals surface area contributed by atoms with Crippen molar-refractivity contribution in [3.05, 3.63) is 0 Å². The van der Waals surface area contributed by atoms with Crippen LogP contribution >= 0.6 is 0 Å². The molecule has 1 rings (SSSR count). The standard InChI is InChI=1S/C13H25NO2/c1-3-4-7-16-13(15)10-14-9-12-6-5-11(2)8-12/h11-12,14H,3-10H2,1-2H3. The molecule has 16 heavy (non-hydrogen) atoms. The maximum absolute atomic E-state index is 11.3. The maximum Gasteiger partial charge on any atom is 0.319 e. The first-order valence-electron chi connectivity index (χ1n) is 6.58. The Morgan fingerprint density at radius 2 is 2.25 bits per heavy atom. The molecule has 2 atom stereocenters. The van der Waals surface area contributed by atoms with Crippen LogP contribution in [0.2, 0.25) is 0 Å². The van der Waals surface area contributed by atoms with Crippen LogP contribution in [-0.4, -0.2) is 25.7 Å². The zero-order valence-electron chi connectivity index (χ0n) is 10.6. The van der Waals surface area contributed by atoms with Crippen LogP contribution in [0.4, 0.5) is 0 Å². The summed E-state index contributed by atoms with van der Waals surface area (Å²) in [5.74, 6) is 1.52. The monoisotopic (exact) mass is 227 g/mol. The van der Waals surface area contributed by atoms with Crippen LogP contribution in [0.5, 0.6) is 0 Å². The number of esters is 1. The van der Waals surface area contributed by atoms with E-state index in [9.17, 15) is 4.79 Å². The molecule has 1 aliphatic carbocycles. The maximum atomic E-state index is 11.3. The molecule has 2 unspecified atom stereocenters. The van der Waals surface area contributed by atoms with Crippen molar-refractivity contribution in [3.63, 3.8) is 0 Å². The third-order valence-corrected chi connectivity index (χ3v) is 3.27. The number of hydrogen-bond acceptors (Lipinski definition) is 3. The molecule has 0 bridgehead atoms.